The van der Waals surface area contributed by atoms with E-state index in [4.69, 9.17) is 4.98 Å². The van der Waals surface area contributed by atoms with Crippen LogP contribution < -0.4 is 10.6 Å². The van der Waals surface area contributed by atoms with Gasteiger partial charge in [0.25, 0.3) is 5.91 Å². The van der Waals surface area contributed by atoms with E-state index in [1.807, 2.05) is 41.1 Å². The van der Waals surface area contributed by atoms with Crippen molar-refractivity contribution in [3.8, 4) is 5.82 Å². The Balaban J connectivity index is 1.39. The average Bonchev–Trinajstić information content (AvgIpc) is 3.25. The van der Waals surface area contributed by atoms with E-state index in [0.29, 0.717) is 23.2 Å². The molecule has 0 aliphatic carbocycles. The van der Waals surface area contributed by atoms with Crippen LogP contribution in [0.25, 0.3) is 16.7 Å². The summed E-state index contributed by atoms with van der Waals surface area (Å²) in [6, 6.07) is 18.3. The minimum absolute atomic E-state index is 0.123. The summed E-state index contributed by atoms with van der Waals surface area (Å²) in [7, 11) is 3.83. The van der Waals surface area contributed by atoms with E-state index < -0.39 is 0 Å². The predicted octanol–water partition coefficient (Wildman–Crippen LogP) is 4.33. The fourth-order valence-corrected chi connectivity index (χ4v) is 4.54. The third-order valence-corrected chi connectivity index (χ3v) is 6.43. The molecular formula is C26H28N6O. The number of para-hydroxylation sites is 1. The molecule has 1 amide bonds. The van der Waals surface area contributed by atoms with E-state index in [9.17, 15) is 4.79 Å². The first-order valence-corrected chi connectivity index (χ1v) is 11.3. The van der Waals surface area contributed by atoms with Crippen molar-refractivity contribution in [2.75, 3.05) is 32.5 Å². The topological polar surface area (TPSA) is 75.1 Å². The summed E-state index contributed by atoms with van der Waals surface area (Å²) in [4.78, 5) is 23.9. The lowest BCUT2D eigenvalue weighted by Crippen LogP contribution is -2.29. The van der Waals surface area contributed by atoms with E-state index >= 15 is 0 Å². The van der Waals surface area contributed by atoms with Gasteiger partial charge in [-0.15, -0.1) is 0 Å². The molecule has 1 fully saturated rings. The number of piperidine rings is 1. The minimum atomic E-state index is -0.123. The number of aromatic nitrogens is 3. The smallest absolute Gasteiger partial charge is 0.253 e. The number of amides is 1. The Morgan fingerprint density at radius 1 is 1.03 bits per heavy atom. The molecular weight excluding hydrogens is 412 g/mol. The zero-order valence-corrected chi connectivity index (χ0v) is 19.0. The van der Waals surface area contributed by atoms with Crippen LogP contribution in [-0.4, -0.2) is 52.5 Å². The summed E-state index contributed by atoms with van der Waals surface area (Å²) in [5, 5.41) is 6.91. The number of likely N-dealkylation sites (tertiary alicyclic amines) is 1. The quantitative estimate of drug-likeness (QED) is 0.483. The van der Waals surface area contributed by atoms with Crippen LogP contribution >= 0.6 is 0 Å². The highest BCUT2D eigenvalue weighted by Crippen LogP contribution is 2.29. The number of carbonyl (C=O) groups excluding carboxylic acids is 1. The van der Waals surface area contributed by atoms with Crippen molar-refractivity contribution in [1.82, 2.24) is 24.8 Å². The Kier molecular flexibility index (Phi) is 5.79. The highest BCUT2D eigenvalue weighted by molar-refractivity contribution is 6.07. The minimum Gasteiger partial charge on any atom is -0.355 e. The fraction of sp³-hybridized carbons (Fsp3) is 0.269. The first kappa shape index (κ1) is 21.2. The molecule has 7 nitrogen and oxygen atoms in total. The first-order chi connectivity index (χ1) is 16.1. The van der Waals surface area contributed by atoms with Crippen molar-refractivity contribution < 1.29 is 4.79 Å². The SMILES string of the molecule is CNC(=O)c1cn(-c2ccnc(Nc3ccc(C4CCN(C)CC4)cc3)n2)c2ccccc12. The Morgan fingerprint density at radius 2 is 1.79 bits per heavy atom. The number of nitrogens with one attached hydrogen (secondary N) is 2. The van der Waals surface area contributed by atoms with Gasteiger partial charge in [-0.2, -0.15) is 4.98 Å². The molecule has 2 N–H and O–H groups in total. The molecule has 3 heterocycles. The van der Waals surface area contributed by atoms with E-state index in [0.717, 1.165) is 29.7 Å². The number of hydrogen-bond acceptors (Lipinski definition) is 5. The maximum atomic E-state index is 12.4. The molecule has 0 spiro atoms. The number of nitrogens with zero attached hydrogens (tertiary/aromatic N) is 4. The second-order valence-electron chi connectivity index (χ2n) is 8.57. The van der Waals surface area contributed by atoms with Crippen LogP contribution in [0.1, 0.15) is 34.7 Å². The first-order valence-electron chi connectivity index (χ1n) is 11.3. The molecule has 1 aliphatic heterocycles. The van der Waals surface area contributed by atoms with Crippen molar-refractivity contribution in [3.63, 3.8) is 0 Å². The van der Waals surface area contributed by atoms with E-state index in [1.165, 1.54) is 18.4 Å². The molecule has 0 saturated carbocycles. The van der Waals surface area contributed by atoms with Gasteiger partial charge >= 0.3 is 0 Å². The van der Waals surface area contributed by atoms with Gasteiger partial charge < -0.3 is 20.1 Å². The third-order valence-electron chi connectivity index (χ3n) is 6.43. The van der Waals surface area contributed by atoms with Gasteiger partial charge in [0.2, 0.25) is 5.95 Å². The summed E-state index contributed by atoms with van der Waals surface area (Å²) >= 11 is 0. The number of fused-ring (bicyclic) bond motifs is 1. The molecule has 33 heavy (non-hydrogen) atoms. The Bertz CT molecular complexity index is 1270. The monoisotopic (exact) mass is 440 g/mol. The highest BCUT2D eigenvalue weighted by Gasteiger charge is 2.18. The van der Waals surface area contributed by atoms with Gasteiger partial charge in [-0.05, 0) is 68.7 Å². The predicted molar refractivity (Wildman–Crippen MR) is 131 cm³/mol. The Labute approximate surface area is 193 Å². The zero-order chi connectivity index (χ0) is 22.8. The summed E-state index contributed by atoms with van der Waals surface area (Å²) in [6.45, 7) is 2.31. The summed E-state index contributed by atoms with van der Waals surface area (Å²) in [5.41, 5.74) is 3.88. The van der Waals surface area contributed by atoms with Crippen molar-refractivity contribution in [3.05, 3.63) is 78.1 Å². The van der Waals surface area contributed by atoms with Crippen molar-refractivity contribution in [1.29, 1.82) is 0 Å². The Hall–Kier alpha value is -3.71. The molecule has 0 unspecified atom stereocenters. The lowest BCUT2D eigenvalue weighted by atomic mass is 9.89. The zero-order valence-electron chi connectivity index (χ0n) is 19.0. The molecule has 1 saturated heterocycles. The molecule has 5 rings (SSSR count). The fourth-order valence-electron chi connectivity index (χ4n) is 4.54. The molecule has 168 valence electrons. The normalized spacial score (nSPS) is 15.0. The number of carbonyl (C=O) groups is 1. The molecule has 2 aromatic carbocycles. The second-order valence-corrected chi connectivity index (χ2v) is 8.57. The molecule has 1 aliphatic rings. The molecule has 2 aromatic heterocycles. The lowest BCUT2D eigenvalue weighted by molar-refractivity contribution is 0.0964. The standard InChI is InChI=1S/C26H28N6O/c1-27-25(33)22-17-32(23-6-4-3-5-21(22)23)24-11-14-28-26(30-24)29-20-9-7-18(8-10-20)19-12-15-31(2)16-13-19/h3-11,14,17,19H,12-13,15-16H2,1-2H3,(H,27,33)(H,28,29,30). The molecule has 0 atom stereocenters. The number of anilines is 2. The summed E-state index contributed by atoms with van der Waals surface area (Å²) in [5.74, 6) is 1.72. The number of hydrogen-bond donors (Lipinski definition) is 2. The van der Waals surface area contributed by atoms with Crippen LogP contribution in [0.4, 0.5) is 11.6 Å². The maximum absolute atomic E-state index is 12.4. The van der Waals surface area contributed by atoms with Gasteiger partial charge in [0, 0.05) is 30.5 Å². The van der Waals surface area contributed by atoms with Crippen LogP contribution in [0.15, 0.2) is 67.0 Å². The second kappa shape index (κ2) is 9.03. The van der Waals surface area contributed by atoms with Crippen molar-refractivity contribution in [2.24, 2.45) is 0 Å². The summed E-state index contributed by atoms with van der Waals surface area (Å²) in [6.07, 6.45) is 5.96. The largest absolute Gasteiger partial charge is 0.355 e. The molecule has 0 bridgehead atoms. The van der Waals surface area contributed by atoms with Crippen LogP contribution in [0.3, 0.4) is 0 Å². The van der Waals surface area contributed by atoms with Crippen molar-refractivity contribution >= 4 is 28.4 Å². The van der Waals surface area contributed by atoms with E-state index in [2.05, 4.69) is 51.8 Å². The number of benzene rings is 2. The van der Waals surface area contributed by atoms with Gasteiger partial charge in [0.05, 0.1) is 11.1 Å². The van der Waals surface area contributed by atoms with Crippen LogP contribution in [0.2, 0.25) is 0 Å². The summed E-state index contributed by atoms with van der Waals surface area (Å²) < 4.78 is 1.93. The van der Waals surface area contributed by atoms with Gasteiger partial charge in [0.1, 0.15) is 5.82 Å². The maximum Gasteiger partial charge on any atom is 0.253 e. The average molecular weight is 441 g/mol. The van der Waals surface area contributed by atoms with Crippen LogP contribution in [0, 0.1) is 0 Å². The van der Waals surface area contributed by atoms with Gasteiger partial charge in [-0.1, -0.05) is 30.3 Å². The molecule has 7 heteroatoms. The molecule has 0 radical (unpaired) electrons. The van der Waals surface area contributed by atoms with E-state index in [1.54, 1.807) is 13.2 Å². The lowest BCUT2D eigenvalue weighted by Gasteiger charge is -2.29. The van der Waals surface area contributed by atoms with Gasteiger partial charge in [-0.3, -0.25) is 4.79 Å². The van der Waals surface area contributed by atoms with Gasteiger partial charge in [-0.25, -0.2) is 4.98 Å². The third kappa shape index (κ3) is 4.32. The van der Waals surface area contributed by atoms with Crippen LogP contribution in [0.5, 0.6) is 0 Å². The number of rotatable bonds is 5. The molecule has 4 aromatic rings. The van der Waals surface area contributed by atoms with Crippen molar-refractivity contribution in [2.45, 2.75) is 18.8 Å². The Morgan fingerprint density at radius 3 is 2.55 bits per heavy atom. The highest BCUT2D eigenvalue weighted by atomic mass is 16.1. The van der Waals surface area contributed by atoms with Gasteiger partial charge in [0.15, 0.2) is 0 Å². The van der Waals surface area contributed by atoms with Crippen LogP contribution in [-0.2, 0) is 0 Å². The van der Waals surface area contributed by atoms with E-state index in [-0.39, 0.29) is 5.91 Å².